The van der Waals surface area contributed by atoms with Crippen molar-refractivity contribution in [2.45, 2.75) is 51.7 Å². The van der Waals surface area contributed by atoms with Crippen molar-refractivity contribution in [3.8, 4) is 0 Å². The van der Waals surface area contributed by atoms with Crippen molar-refractivity contribution in [3.05, 3.63) is 34.9 Å². The molecule has 98 valence electrons. The van der Waals surface area contributed by atoms with E-state index in [1.807, 2.05) is 32.0 Å². The lowest BCUT2D eigenvalue weighted by molar-refractivity contribution is 0.0717. The monoisotopic (exact) mass is 247 g/mol. The fourth-order valence-corrected chi connectivity index (χ4v) is 2.59. The fourth-order valence-electron chi connectivity index (χ4n) is 2.59. The Morgan fingerprint density at radius 1 is 1.28 bits per heavy atom. The summed E-state index contributed by atoms with van der Waals surface area (Å²) in [6.07, 6.45) is 3.40. The zero-order valence-electron chi connectivity index (χ0n) is 11.1. The van der Waals surface area contributed by atoms with Crippen LogP contribution in [-0.4, -0.2) is 23.2 Å². The highest BCUT2D eigenvalue weighted by molar-refractivity contribution is 5.95. The number of benzene rings is 1. The van der Waals surface area contributed by atoms with E-state index in [4.69, 9.17) is 0 Å². The van der Waals surface area contributed by atoms with E-state index in [1.54, 1.807) is 0 Å². The summed E-state index contributed by atoms with van der Waals surface area (Å²) in [4.78, 5) is 12.2. The van der Waals surface area contributed by atoms with Crippen molar-refractivity contribution in [2.24, 2.45) is 0 Å². The summed E-state index contributed by atoms with van der Waals surface area (Å²) in [5.74, 6) is -0.0709. The summed E-state index contributed by atoms with van der Waals surface area (Å²) in [5.41, 5.74) is 2.85. The summed E-state index contributed by atoms with van der Waals surface area (Å²) in [7, 11) is 0. The van der Waals surface area contributed by atoms with Gasteiger partial charge < -0.3 is 10.4 Å². The molecule has 1 aliphatic carbocycles. The SMILES string of the molecule is Cc1ccc(C(=O)N[C@@H]2CCCC[C@H]2O)c(C)c1. The molecule has 1 fully saturated rings. The Bertz CT molecular complexity index is 442. The van der Waals surface area contributed by atoms with Gasteiger partial charge >= 0.3 is 0 Å². The Kier molecular flexibility index (Phi) is 4.02. The van der Waals surface area contributed by atoms with Crippen LogP contribution in [0.2, 0.25) is 0 Å². The maximum atomic E-state index is 12.2. The van der Waals surface area contributed by atoms with Crippen LogP contribution in [0.1, 0.15) is 47.2 Å². The largest absolute Gasteiger partial charge is 0.391 e. The summed E-state index contributed by atoms with van der Waals surface area (Å²) in [5, 5.41) is 12.8. The predicted octanol–water partition coefficient (Wildman–Crippen LogP) is 2.34. The van der Waals surface area contributed by atoms with E-state index in [-0.39, 0.29) is 11.9 Å². The normalized spacial score (nSPS) is 23.7. The minimum Gasteiger partial charge on any atom is -0.391 e. The van der Waals surface area contributed by atoms with E-state index >= 15 is 0 Å². The van der Waals surface area contributed by atoms with Gasteiger partial charge in [-0.1, -0.05) is 30.5 Å². The molecule has 1 amide bonds. The molecule has 0 aromatic heterocycles. The quantitative estimate of drug-likeness (QED) is 0.842. The van der Waals surface area contributed by atoms with Crippen LogP contribution in [-0.2, 0) is 0 Å². The van der Waals surface area contributed by atoms with Gasteiger partial charge in [0.15, 0.2) is 0 Å². The average molecular weight is 247 g/mol. The molecule has 0 saturated heterocycles. The average Bonchev–Trinajstić information content (AvgIpc) is 2.32. The topological polar surface area (TPSA) is 49.3 Å². The van der Waals surface area contributed by atoms with Gasteiger partial charge in [0.1, 0.15) is 0 Å². The first kappa shape index (κ1) is 13.1. The standard InChI is InChI=1S/C15H21NO2/c1-10-7-8-12(11(2)9-10)15(18)16-13-5-3-4-6-14(13)17/h7-9,13-14,17H,3-6H2,1-2H3,(H,16,18)/t13-,14-/m1/s1. The number of hydrogen-bond acceptors (Lipinski definition) is 2. The number of aryl methyl sites for hydroxylation is 2. The molecule has 18 heavy (non-hydrogen) atoms. The van der Waals surface area contributed by atoms with E-state index in [9.17, 15) is 9.90 Å². The molecule has 1 aromatic rings. The maximum Gasteiger partial charge on any atom is 0.251 e. The molecule has 3 heteroatoms. The Labute approximate surface area is 108 Å². The highest BCUT2D eigenvalue weighted by atomic mass is 16.3. The van der Waals surface area contributed by atoms with Gasteiger partial charge in [0.25, 0.3) is 5.91 Å². The molecule has 0 bridgehead atoms. The zero-order valence-corrected chi connectivity index (χ0v) is 11.1. The number of carbonyl (C=O) groups excluding carboxylic acids is 1. The van der Waals surface area contributed by atoms with Crippen molar-refractivity contribution in [2.75, 3.05) is 0 Å². The van der Waals surface area contributed by atoms with Gasteiger partial charge in [-0.3, -0.25) is 4.79 Å². The molecule has 0 radical (unpaired) electrons. The number of amides is 1. The smallest absolute Gasteiger partial charge is 0.251 e. The molecule has 2 N–H and O–H groups in total. The fraction of sp³-hybridized carbons (Fsp3) is 0.533. The van der Waals surface area contributed by atoms with Gasteiger partial charge in [-0.15, -0.1) is 0 Å². The second kappa shape index (κ2) is 5.53. The number of nitrogens with one attached hydrogen (secondary N) is 1. The number of rotatable bonds is 2. The number of carbonyl (C=O) groups is 1. The van der Waals surface area contributed by atoms with Gasteiger partial charge in [0.05, 0.1) is 12.1 Å². The van der Waals surface area contributed by atoms with Crippen molar-refractivity contribution in [1.29, 1.82) is 0 Å². The second-order valence-corrected chi connectivity index (χ2v) is 5.25. The number of hydrogen-bond donors (Lipinski definition) is 2. The van der Waals surface area contributed by atoms with E-state index in [1.165, 1.54) is 0 Å². The second-order valence-electron chi connectivity index (χ2n) is 5.25. The predicted molar refractivity (Wildman–Crippen MR) is 71.6 cm³/mol. The summed E-state index contributed by atoms with van der Waals surface area (Å²) in [6.45, 7) is 3.96. The lowest BCUT2D eigenvalue weighted by Crippen LogP contribution is -2.45. The molecule has 3 nitrogen and oxygen atoms in total. The molecular weight excluding hydrogens is 226 g/mol. The molecule has 1 saturated carbocycles. The minimum absolute atomic E-state index is 0.0709. The third-order valence-electron chi connectivity index (χ3n) is 3.67. The molecule has 0 unspecified atom stereocenters. The molecule has 0 aliphatic heterocycles. The summed E-state index contributed by atoms with van der Waals surface area (Å²) >= 11 is 0. The van der Waals surface area contributed by atoms with Crippen LogP contribution < -0.4 is 5.32 Å². The van der Waals surface area contributed by atoms with Crippen molar-refractivity contribution in [1.82, 2.24) is 5.32 Å². The molecule has 0 spiro atoms. The van der Waals surface area contributed by atoms with Crippen LogP contribution in [0.15, 0.2) is 18.2 Å². The zero-order chi connectivity index (χ0) is 13.1. The van der Waals surface area contributed by atoms with Crippen molar-refractivity contribution in [3.63, 3.8) is 0 Å². The van der Waals surface area contributed by atoms with Gasteiger partial charge in [-0.2, -0.15) is 0 Å². The lowest BCUT2D eigenvalue weighted by Gasteiger charge is -2.28. The number of aliphatic hydroxyl groups excluding tert-OH is 1. The Morgan fingerprint density at radius 2 is 2.00 bits per heavy atom. The van der Waals surface area contributed by atoms with Crippen LogP contribution in [0, 0.1) is 13.8 Å². The maximum absolute atomic E-state index is 12.2. The first-order valence-corrected chi connectivity index (χ1v) is 6.64. The molecule has 0 heterocycles. The van der Waals surface area contributed by atoms with Crippen LogP contribution in [0.25, 0.3) is 0 Å². The molecule has 2 rings (SSSR count). The first-order chi connectivity index (χ1) is 8.58. The Morgan fingerprint density at radius 3 is 2.67 bits per heavy atom. The lowest BCUT2D eigenvalue weighted by atomic mass is 9.92. The summed E-state index contributed by atoms with van der Waals surface area (Å²) in [6, 6.07) is 5.72. The van der Waals surface area contributed by atoms with E-state index < -0.39 is 6.10 Å². The molecule has 2 atom stereocenters. The van der Waals surface area contributed by atoms with Gasteiger partial charge in [0, 0.05) is 5.56 Å². The van der Waals surface area contributed by atoms with E-state index in [0.717, 1.165) is 36.8 Å². The molecule has 1 aromatic carbocycles. The summed E-state index contributed by atoms with van der Waals surface area (Å²) < 4.78 is 0. The number of aliphatic hydroxyl groups is 1. The highest BCUT2D eigenvalue weighted by Crippen LogP contribution is 2.19. The molecular formula is C15H21NO2. The van der Waals surface area contributed by atoms with Crippen LogP contribution >= 0.6 is 0 Å². The Balaban J connectivity index is 2.07. The van der Waals surface area contributed by atoms with Gasteiger partial charge in [-0.25, -0.2) is 0 Å². The van der Waals surface area contributed by atoms with E-state index in [2.05, 4.69) is 5.32 Å². The van der Waals surface area contributed by atoms with Crippen molar-refractivity contribution >= 4 is 5.91 Å². The highest BCUT2D eigenvalue weighted by Gasteiger charge is 2.25. The van der Waals surface area contributed by atoms with Crippen molar-refractivity contribution < 1.29 is 9.90 Å². The van der Waals surface area contributed by atoms with Crippen LogP contribution in [0.5, 0.6) is 0 Å². The first-order valence-electron chi connectivity index (χ1n) is 6.64. The van der Waals surface area contributed by atoms with E-state index in [0.29, 0.717) is 5.56 Å². The molecule has 1 aliphatic rings. The Hall–Kier alpha value is -1.35. The third kappa shape index (κ3) is 2.91. The van der Waals surface area contributed by atoms with Gasteiger partial charge in [-0.05, 0) is 38.3 Å². The third-order valence-corrected chi connectivity index (χ3v) is 3.67. The van der Waals surface area contributed by atoms with Gasteiger partial charge in [0.2, 0.25) is 0 Å². The van der Waals surface area contributed by atoms with Crippen LogP contribution in [0.3, 0.4) is 0 Å². The minimum atomic E-state index is -0.395. The van der Waals surface area contributed by atoms with Crippen LogP contribution in [0.4, 0.5) is 0 Å².